The van der Waals surface area contributed by atoms with Crippen molar-refractivity contribution >= 4 is 23.3 Å². The van der Waals surface area contributed by atoms with Crippen LogP contribution < -0.4 is 4.90 Å². The maximum atomic E-state index is 12.9. The number of rotatable bonds is 3. The molecule has 0 atom stereocenters. The molecule has 2 aromatic heterocycles. The molecule has 1 amide bonds. The second kappa shape index (κ2) is 6.87. The standard InChI is InChI=1S/C18H19N5O2S/c1-12-11-26-16(19-12)14-4-3-5-15(10-14)17(24)22-6-8-23(9-7-22)18-21-20-13(2)25-18/h3-5,10-11H,6-9H2,1-2H3. The number of anilines is 1. The van der Waals surface area contributed by atoms with Gasteiger partial charge in [-0.15, -0.1) is 16.4 Å². The first-order chi connectivity index (χ1) is 12.6. The second-order valence-corrected chi connectivity index (χ2v) is 7.12. The van der Waals surface area contributed by atoms with E-state index in [1.54, 1.807) is 18.3 Å². The monoisotopic (exact) mass is 369 g/mol. The van der Waals surface area contributed by atoms with Crippen LogP contribution in [-0.2, 0) is 0 Å². The van der Waals surface area contributed by atoms with E-state index in [0.29, 0.717) is 43.6 Å². The molecule has 1 aliphatic rings. The second-order valence-electron chi connectivity index (χ2n) is 6.26. The molecule has 0 spiro atoms. The average molecular weight is 369 g/mol. The molecule has 3 heterocycles. The molecule has 7 nitrogen and oxygen atoms in total. The third-order valence-corrected chi connectivity index (χ3v) is 5.34. The lowest BCUT2D eigenvalue weighted by Gasteiger charge is -2.33. The molecule has 0 N–H and O–H groups in total. The molecular formula is C18H19N5O2S. The average Bonchev–Trinajstić information content (AvgIpc) is 3.30. The number of hydrogen-bond acceptors (Lipinski definition) is 7. The van der Waals surface area contributed by atoms with Gasteiger partial charge in [0.2, 0.25) is 5.89 Å². The van der Waals surface area contributed by atoms with Crippen LogP contribution in [0.2, 0.25) is 0 Å². The van der Waals surface area contributed by atoms with Gasteiger partial charge in [0.1, 0.15) is 5.01 Å². The summed E-state index contributed by atoms with van der Waals surface area (Å²) in [5.41, 5.74) is 2.67. The van der Waals surface area contributed by atoms with Gasteiger partial charge in [-0.1, -0.05) is 17.2 Å². The summed E-state index contributed by atoms with van der Waals surface area (Å²) in [6.07, 6.45) is 0. The Morgan fingerprint density at radius 3 is 2.62 bits per heavy atom. The van der Waals surface area contributed by atoms with Gasteiger partial charge in [-0.3, -0.25) is 4.79 Å². The van der Waals surface area contributed by atoms with Crippen LogP contribution in [0.5, 0.6) is 0 Å². The van der Waals surface area contributed by atoms with Crippen molar-refractivity contribution in [1.29, 1.82) is 0 Å². The van der Waals surface area contributed by atoms with E-state index in [-0.39, 0.29) is 5.91 Å². The molecule has 1 fully saturated rings. The van der Waals surface area contributed by atoms with Crippen molar-refractivity contribution in [3.8, 4) is 10.6 Å². The van der Waals surface area contributed by atoms with Gasteiger partial charge in [0.15, 0.2) is 0 Å². The van der Waals surface area contributed by atoms with Crippen LogP contribution in [0.25, 0.3) is 10.6 Å². The number of benzene rings is 1. The Bertz CT molecular complexity index is 927. The summed E-state index contributed by atoms with van der Waals surface area (Å²) in [6.45, 7) is 6.35. The van der Waals surface area contributed by atoms with Crippen LogP contribution in [0.4, 0.5) is 6.01 Å². The molecule has 1 aromatic carbocycles. The van der Waals surface area contributed by atoms with Gasteiger partial charge in [0, 0.05) is 55.3 Å². The lowest BCUT2D eigenvalue weighted by atomic mass is 10.1. The number of nitrogens with zero attached hydrogens (tertiary/aromatic N) is 5. The predicted molar refractivity (Wildman–Crippen MR) is 99.4 cm³/mol. The van der Waals surface area contributed by atoms with Crippen LogP contribution in [-0.4, -0.2) is 52.2 Å². The highest BCUT2D eigenvalue weighted by atomic mass is 32.1. The van der Waals surface area contributed by atoms with E-state index < -0.39 is 0 Å². The molecule has 0 radical (unpaired) electrons. The minimum Gasteiger partial charge on any atom is -0.408 e. The van der Waals surface area contributed by atoms with Crippen molar-refractivity contribution < 1.29 is 9.21 Å². The molecule has 4 rings (SSSR count). The zero-order chi connectivity index (χ0) is 18.1. The number of aromatic nitrogens is 3. The quantitative estimate of drug-likeness (QED) is 0.707. The summed E-state index contributed by atoms with van der Waals surface area (Å²) in [5.74, 6) is 0.592. The summed E-state index contributed by atoms with van der Waals surface area (Å²) in [4.78, 5) is 21.3. The minimum atomic E-state index is 0.0430. The van der Waals surface area contributed by atoms with Crippen LogP contribution >= 0.6 is 11.3 Å². The zero-order valence-corrected chi connectivity index (χ0v) is 15.5. The summed E-state index contributed by atoms with van der Waals surface area (Å²) >= 11 is 1.59. The van der Waals surface area contributed by atoms with E-state index in [1.165, 1.54) is 0 Å². The summed E-state index contributed by atoms with van der Waals surface area (Å²) in [6, 6.07) is 8.21. The van der Waals surface area contributed by atoms with E-state index >= 15 is 0 Å². The summed E-state index contributed by atoms with van der Waals surface area (Å²) in [7, 11) is 0. The molecule has 3 aromatic rings. The highest BCUT2D eigenvalue weighted by molar-refractivity contribution is 7.13. The normalized spacial score (nSPS) is 14.7. The first-order valence-corrected chi connectivity index (χ1v) is 9.35. The Labute approximate surface area is 155 Å². The van der Waals surface area contributed by atoms with Crippen molar-refractivity contribution in [2.75, 3.05) is 31.1 Å². The fourth-order valence-corrected chi connectivity index (χ4v) is 3.76. The summed E-state index contributed by atoms with van der Waals surface area (Å²) < 4.78 is 5.46. The Balaban J connectivity index is 1.45. The number of carbonyl (C=O) groups is 1. The summed E-state index contributed by atoms with van der Waals surface area (Å²) in [5, 5.41) is 10.9. The Morgan fingerprint density at radius 1 is 1.15 bits per heavy atom. The fraction of sp³-hybridized carbons (Fsp3) is 0.333. The van der Waals surface area contributed by atoms with E-state index in [2.05, 4.69) is 15.2 Å². The molecule has 0 saturated carbocycles. The molecule has 1 saturated heterocycles. The molecule has 0 unspecified atom stereocenters. The molecular weight excluding hydrogens is 350 g/mol. The zero-order valence-electron chi connectivity index (χ0n) is 14.7. The van der Waals surface area contributed by atoms with Gasteiger partial charge in [0.25, 0.3) is 5.91 Å². The number of carbonyl (C=O) groups excluding carboxylic acids is 1. The SMILES string of the molecule is Cc1csc(-c2cccc(C(=O)N3CCN(c4nnc(C)o4)CC3)c2)n1. The number of amides is 1. The third-order valence-electron chi connectivity index (χ3n) is 4.33. The smallest absolute Gasteiger partial charge is 0.318 e. The van der Waals surface area contributed by atoms with Crippen LogP contribution in [0.3, 0.4) is 0 Å². The van der Waals surface area contributed by atoms with Crippen molar-refractivity contribution in [3.63, 3.8) is 0 Å². The Kier molecular flexibility index (Phi) is 4.42. The van der Waals surface area contributed by atoms with Gasteiger partial charge in [0.05, 0.1) is 0 Å². The number of aryl methyl sites for hydroxylation is 2. The van der Waals surface area contributed by atoms with Gasteiger partial charge >= 0.3 is 6.01 Å². The van der Waals surface area contributed by atoms with Crippen molar-refractivity contribution in [3.05, 3.63) is 46.8 Å². The minimum absolute atomic E-state index is 0.0430. The van der Waals surface area contributed by atoms with Crippen LogP contribution in [0.1, 0.15) is 21.9 Å². The Morgan fingerprint density at radius 2 is 1.96 bits per heavy atom. The fourth-order valence-electron chi connectivity index (χ4n) is 2.97. The van der Waals surface area contributed by atoms with Gasteiger partial charge < -0.3 is 14.2 Å². The molecule has 0 bridgehead atoms. The predicted octanol–water partition coefficient (Wildman–Crippen LogP) is 2.77. The van der Waals surface area contributed by atoms with E-state index in [1.807, 2.05) is 46.4 Å². The lowest BCUT2D eigenvalue weighted by molar-refractivity contribution is 0.0745. The highest BCUT2D eigenvalue weighted by Gasteiger charge is 2.25. The van der Waals surface area contributed by atoms with E-state index in [4.69, 9.17) is 4.42 Å². The first-order valence-electron chi connectivity index (χ1n) is 8.47. The first kappa shape index (κ1) is 16.7. The number of piperazine rings is 1. The Hall–Kier alpha value is -2.74. The molecule has 134 valence electrons. The lowest BCUT2D eigenvalue weighted by Crippen LogP contribution is -2.49. The van der Waals surface area contributed by atoms with E-state index in [0.717, 1.165) is 16.3 Å². The maximum Gasteiger partial charge on any atom is 0.318 e. The number of hydrogen-bond donors (Lipinski definition) is 0. The van der Waals surface area contributed by atoms with Crippen molar-refractivity contribution in [2.24, 2.45) is 0 Å². The topological polar surface area (TPSA) is 75.4 Å². The van der Waals surface area contributed by atoms with E-state index in [9.17, 15) is 4.79 Å². The van der Waals surface area contributed by atoms with Crippen molar-refractivity contribution in [1.82, 2.24) is 20.1 Å². The molecule has 8 heteroatoms. The maximum absolute atomic E-state index is 12.9. The highest BCUT2D eigenvalue weighted by Crippen LogP contribution is 2.25. The third kappa shape index (κ3) is 3.32. The van der Waals surface area contributed by atoms with Gasteiger partial charge in [-0.05, 0) is 19.1 Å². The van der Waals surface area contributed by atoms with Gasteiger partial charge in [-0.25, -0.2) is 4.98 Å². The largest absolute Gasteiger partial charge is 0.408 e. The molecule has 1 aliphatic heterocycles. The van der Waals surface area contributed by atoms with Crippen LogP contribution in [0, 0.1) is 13.8 Å². The molecule has 26 heavy (non-hydrogen) atoms. The van der Waals surface area contributed by atoms with Gasteiger partial charge in [-0.2, -0.15) is 0 Å². The van der Waals surface area contributed by atoms with Crippen molar-refractivity contribution in [2.45, 2.75) is 13.8 Å². The van der Waals surface area contributed by atoms with Crippen LogP contribution in [0.15, 0.2) is 34.1 Å². The molecule has 0 aliphatic carbocycles. The number of thiazole rings is 1.